The molecule has 0 aliphatic heterocycles. The van der Waals surface area contributed by atoms with Crippen LogP contribution in [0.3, 0.4) is 0 Å². The molecule has 0 amide bonds. The van der Waals surface area contributed by atoms with E-state index >= 15 is 0 Å². The van der Waals surface area contributed by atoms with Crippen LogP contribution in [0.15, 0.2) is 53.1 Å². The van der Waals surface area contributed by atoms with Gasteiger partial charge in [0.1, 0.15) is 11.3 Å². The Morgan fingerprint density at radius 1 is 1.19 bits per heavy atom. The number of carboxylic acids is 1. The van der Waals surface area contributed by atoms with Crippen molar-refractivity contribution >= 4 is 32.7 Å². The third-order valence-corrected chi connectivity index (χ3v) is 3.41. The zero-order valence-electron chi connectivity index (χ0n) is 10.7. The molecule has 2 aromatic carbocycles. The number of carbonyl (C=O) groups is 1. The Labute approximate surface area is 128 Å². The van der Waals surface area contributed by atoms with Crippen molar-refractivity contribution in [1.29, 1.82) is 0 Å². The monoisotopic (exact) mass is 344 g/mol. The molecular weight excluding hydrogens is 336 g/mol. The minimum absolute atomic E-state index is 0.0547. The SMILES string of the molecule is O=C(O)c1cc(Br)ccc1Oc1nncc2ccccc12. The molecule has 0 saturated heterocycles. The van der Waals surface area contributed by atoms with E-state index in [1.165, 1.54) is 6.07 Å². The lowest BCUT2D eigenvalue weighted by molar-refractivity contribution is 0.0694. The molecule has 0 bridgehead atoms. The fourth-order valence-corrected chi connectivity index (χ4v) is 2.30. The average molecular weight is 345 g/mol. The van der Waals surface area contributed by atoms with E-state index < -0.39 is 5.97 Å². The summed E-state index contributed by atoms with van der Waals surface area (Å²) in [5.41, 5.74) is 0.0547. The molecular formula is C15H9BrN2O3. The molecule has 104 valence electrons. The molecule has 0 fully saturated rings. The Balaban J connectivity index is 2.09. The minimum atomic E-state index is -1.07. The Morgan fingerprint density at radius 2 is 2.00 bits per heavy atom. The molecule has 0 atom stereocenters. The molecule has 1 N–H and O–H groups in total. The Bertz CT molecular complexity index is 831. The predicted octanol–water partition coefficient (Wildman–Crippen LogP) is 3.88. The van der Waals surface area contributed by atoms with E-state index in [0.717, 1.165) is 10.8 Å². The highest BCUT2D eigenvalue weighted by Gasteiger charge is 2.14. The molecule has 1 heterocycles. The van der Waals surface area contributed by atoms with Gasteiger partial charge in [-0.05, 0) is 24.3 Å². The van der Waals surface area contributed by atoms with Crippen LogP contribution in [-0.4, -0.2) is 21.3 Å². The maximum Gasteiger partial charge on any atom is 0.339 e. The van der Waals surface area contributed by atoms with Gasteiger partial charge < -0.3 is 9.84 Å². The lowest BCUT2D eigenvalue weighted by Gasteiger charge is -2.09. The lowest BCUT2D eigenvalue weighted by Crippen LogP contribution is -2.01. The highest BCUT2D eigenvalue weighted by atomic mass is 79.9. The smallest absolute Gasteiger partial charge is 0.339 e. The number of carboxylic acid groups (broad SMARTS) is 1. The molecule has 3 rings (SSSR count). The van der Waals surface area contributed by atoms with Crippen LogP contribution in [-0.2, 0) is 0 Å². The number of hydrogen-bond donors (Lipinski definition) is 1. The van der Waals surface area contributed by atoms with Crippen LogP contribution in [0.1, 0.15) is 10.4 Å². The third kappa shape index (κ3) is 2.71. The Kier molecular flexibility index (Phi) is 3.53. The number of halogens is 1. The van der Waals surface area contributed by atoms with E-state index in [-0.39, 0.29) is 17.2 Å². The van der Waals surface area contributed by atoms with Crippen molar-refractivity contribution in [1.82, 2.24) is 10.2 Å². The van der Waals surface area contributed by atoms with Gasteiger partial charge >= 0.3 is 5.97 Å². The summed E-state index contributed by atoms with van der Waals surface area (Å²) in [7, 11) is 0. The molecule has 0 spiro atoms. The first-order chi connectivity index (χ1) is 10.1. The van der Waals surface area contributed by atoms with Crippen molar-refractivity contribution in [3.8, 4) is 11.6 Å². The molecule has 0 aliphatic rings. The van der Waals surface area contributed by atoms with E-state index in [2.05, 4.69) is 26.1 Å². The summed E-state index contributed by atoms with van der Waals surface area (Å²) in [4.78, 5) is 11.3. The van der Waals surface area contributed by atoms with Gasteiger partial charge in [0.05, 0.1) is 6.20 Å². The van der Waals surface area contributed by atoms with Crippen molar-refractivity contribution in [2.24, 2.45) is 0 Å². The van der Waals surface area contributed by atoms with Gasteiger partial charge in [0, 0.05) is 15.2 Å². The quantitative estimate of drug-likeness (QED) is 0.780. The maximum atomic E-state index is 11.3. The van der Waals surface area contributed by atoms with E-state index in [1.54, 1.807) is 18.3 Å². The Morgan fingerprint density at radius 3 is 2.81 bits per heavy atom. The van der Waals surface area contributed by atoms with Crippen LogP contribution in [0.25, 0.3) is 10.8 Å². The molecule has 0 aliphatic carbocycles. The highest BCUT2D eigenvalue weighted by Crippen LogP contribution is 2.30. The third-order valence-electron chi connectivity index (χ3n) is 2.92. The van der Waals surface area contributed by atoms with Gasteiger partial charge in [-0.25, -0.2) is 4.79 Å². The summed E-state index contributed by atoms with van der Waals surface area (Å²) in [5.74, 6) is -0.575. The lowest BCUT2D eigenvalue weighted by atomic mass is 10.2. The summed E-state index contributed by atoms with van der Waals surface area (Å²) in [6.07, 6.45) is 1.63. The number of ether oxygens (including phenoxy) is 1. The van der Waals surface area contributed by atoms with E-state index in [0.29, 0.717) is 4.47 Å². The summed E-state index contributed by atoms with van der Waals surface area (Å²) < 4.78 is 6.33. The minimum Gasteiger partial charge on any atom is -0.478 e. The zero-order chi connectivity index (χ0) is 14.8. The fraction of sp³-hybridized carbons (Fsp3) is 0. The van der Waals surface area contributed by atoms with Crippen LogP contribution in [0.2, 0.25) is 0 Å². The molecule has 0 saturated carbocycles. The number of aromatic nitrogens is 2. The van der Waals surface area contributed by atoms with E-state index in [1.807, 2.05) is 24.3 Å². The number of nitrogens with zero attached hydrogens (tertiary/aromatic N) is 2. The normalized spacial score (nSPS) is 10.5. The molecule has 0 radical (unpaired) electrons. The molecule has 21 heavy (non-hydrogen) atoms. The van der Waals surface area contributed by atoms with Crippen LogP contribution in [0, 0.1) is 0 Å². The topological polar surface area (TPSA) is 72.3 Å². The maximum absolute atomic E-state index is 11.3. The largest absolute Gasteiger partial charge is 0.478 e. The number of hydrogen-bond acceptors (Lipinski definition) is 4. The molecule has 0 unspecified atom stereocenters. The van der Waals surface area contributed by atoms with E-state index in [4.69, 9.17) is 4.74 Å². The van der Waals surface area contributed by atoms with Gasteiger partial charge in [0.2, 0.25) is 5.88 Å². The average Bonchev–Trinajstić information content (AvgIpc) is 2.49. The molecule has 1 aromatic heterocycles. The summed E-state index contributed by atoms with van der Waals surface area (Å²) >= 11 is 3.24. The summed E-state index contributed by atoms with van der Waals surface area (Å²) in [6, 6.07) is 12.2. The van der Waals surface area contributed by atoms with Crippen LogP contribution in [0.5, 0.6) is 11.6 Å². The second kappa shape index (κ2) is 5.49. The van der Waals surface area contributed by atoms with Gasteiger partial charge in [-0.2, -0.15) is 5.10 Å². The van der Waals surface area contributed by atoms with Crippen molar-refractivity contribution < 1.29 is 14.6 Å². The van der Waals surface area contributed by atoms with Crippen molar-refractivity contribution in [3.05, 3.63) is 58.7 Å². The van der Waals surface area contributed by atoms with E-state index in [9.17, 15) is 9.90 Å². The van der Waals surface area contributed by atoms with Crippen molar-refractivity contribution in [3.63, 3.8) is 0 Å². The fourth-order valence-electron chi connectivity index (χ4n) is 1.94. The second-order valence-corrected chi connectivity index (χ2v) is 5.20. The first-order valence-electron chi connectivity index (χ1n) is 6.06. The molecule has 5 nitrogen and oxygen atoms in total. The van der Waals surface area contributed by atoms with Crippen molar-refractivity contribution in [2.75, 3.05) is 0 Å². The van der Waals surface area contributed by atoms with Crippen molar-refractivity contribution in [2.45, 2.75) is 0 Å². The van der Waals surface area contributed by atoms with Gasteiger partial charge in [0.15, 0.2) is 0 Å². The standard InChI is InChI=1S/C15H9BrN2O3/c16-10-5-6-13(12(7-10)15(19)20)21-14-11-4-2-1-3-9(11)8-17-18-14/h1-8H,(H,19,20). The van der Waals surface area contributed by atoms with Crippen LogP contribution < -0.4 is 4.74 Å². The first-order valence-corrected chi connectivity index (χ1v) is 6.85. The number of rotatable bonds is 3. The summed E-state index contributed by atoms with van der Waals surface area (Å²) in [6.45, 7) is 0. The highest BCUT2D eigenvalue weighted by molar-refractivity contribution is 9.10. The zero-order valence-corrected chi connectivity index (χ0v) is 12.2. The van der Waals surface area contributed by atoms with Crippen LogP contribution >= 0.6 is 15.9 Å². The predicted molar refractivity (Wildman–Crippen MR) is 80.7 cm³/mol. The van der Waals surface area contributed by atoms with Gasteiger partial charge in [-0.1, -0.05) is 34.1 Å². The number of fused-ring (bicyclic) bond motifs is 1. The van der Waals surface area contributed by atoms with Crippen LogP contribution in [0.4, 0.5) is 0 Å². The number of aromatic carboxylic acids is 1. The first kappa shape index (κ1) is 13.5. The second-order valence-electron chi connectivity index (χ2n) is 4.28. The van der Waals surface area contributed by atoms with Gasteiger partial charge in [0.25, 0.3) is 0 Å². The van der Waals surface area contributed by atoms with Gasteiger partial charge in [-0.3, -0.25) is 0 Å². The molecule has 3 aromatic rings. The Hall–Kier alpha value is -2.47. The summed E-state index contributed by atoms with van der Waals surface area (Å²) in [5, 5.41) is 18.7. The molecule has 6 heteroatoms. The number of benzene rings is 2. The van der Waals surface area contributed by atoms with Gasteiger partial charge in [-0.15, -0.1) is 5.10 Å².